The maximum atomic E-state index is 12.3. The average molecular weight is 490 g/mol. The van der Waals surface area contributed by atoms with Crippen LogP contribution in [0.2, 0.25) is 0 Å². The van der Waals surface area contributed by atoms with Gasteiger partial charge in [0.1, 0.15) is 0 Å². The summed E-state index contributed by atoms with van der Waals surface area (Å²) in [5, 5.41) is 11.7. The molecule has 1 N–H and O–H groups in total. The van der Waals surface area contributed by atoms with Crippen molar-refractivity contribution >= 4 is 27.5 Å². The van der Waals surface area contributed by atoms with Gasteiger partial charge in [-0.1, -0.05) is 6.07 Å². The molecule has 0 aliphatic carbocycles. The summed E-state index contributed by atoms with van der Waals surface area (Å²) in [5.41, 5.74) is 3.62. The molecule has 0 saturated heterocycles. The summed E-state index contributed by atoms with van der Waals surface area (Å²) < 4.78 is 15.9. The Bertz CT molecular complexity index is 1040. The molecule has 31 heavy (non-hydrogen) atoms. The zero-order chi connectivity index (χ0) is 22.4. The van der Waals surface area contributed by atoms with Crippen molar-refractivity contribution in [2.45, 2.75) is 47.2 Å². The van der Waals surface area contributed by atoms with Gasteiger partial charge in [-0.2, -0.15) is 10.2 Å². The third-order valence-electron chi connectivity index (χ3n) is 4.71. The molecule has 2 heterocycles. The van der Waals surface area contributed by atoms with Gasteiger partial charge in [-0.05, 0) is 61.3 Å². The maximum absolute atomic E-state index is 12.3. The first-order chi connectivity index (χ1) is 14.9. The first-order valence-electron chi connectivity index (χ1n) is 10.3. The molecule has 0 spiro atoms. The van der Waals surface area contributed by atoms with E-state index in [4.69, 9.17) is 9.47 Å². The molecule has 0 fully saturated rings. The molecule has 2 aromatic heterocycles. The van der Waals surface area contributed by atoms with E-state index < -0.39 is 0 Å². The van der Waals surface area contributed by atoms with Gasteiger partial charge in [0, 0.05) is 18.3 Å². The minimum atomic E-state index is -0.0806. The van der Waals surface area contributed by atoms with Crippen LogP contribution in [0.5, 0.6) is 11.5 Å². The number of benzene rings is 1. The summed E-state index contributed by atoms with van der Waals surface area (Å²) in [6, 6.07) is 5.86. The normalized spacial score (nSPS) is 10.9. The Morgan fingerprint density at radius 1 is 1.16 bits per heavy atom. The van der Waals surface area contributed by atoms with Crippen molar-refractivity contribution in [1.82, 2.24) is 19.6 Å². The van der Waals surface area contributed by atoms with E-state index in [1.54, 1.807) is 10.9 Å². The SMILES string of the molecule is CCOc1ccc(Cn2cc(NC(=O)CCn3nc(C)c(Br)c3C)cn2)cc1OCC. The number of rotatable bonds is 10. The number of anilines is 1. The Kier molecular flexibility index (Phi) is 7.73. The largest absolute Gasteiger partial charge is 0.490 e. The number of aromatic nitrogens is 4. The van der Waals surface area contributed by atoms with Gasteiger partial charge < -0.3 is 14.8 Å². The summed E-state index contributed by atoms with van der Waals surface area (Å²) >= 11 is 3.51. The van der Waals surface area contributed by atoms with Crippen molar-refractivity contribution < 1.29 is 14.3 Å². The quantitative estimate of drug-likeness (QED) is 0.458. The fourth-order valence-corrected chi connectivity index (χ4v) is 3.50. The third kappa shape index (κ3) is 5.88. The average Bonchev–Trinajstić information content (AvgIpc) is 3.27. The van der Waals surface area contributed by atoms with Crippen LogP contribution in [0, 0.1) is 13.8 Å². The van der Waals surface area contributed by atoms with Crippen molar-refractivity contribution in [3.8, 4) is 11.5 Å². The van der Waals surface area contributed by atoms with E-state index in [1.165, 1.54) is 0 Å². The Morgan fingerprint density at radius 2 is 1.90 bits per heavy atom. The number of hydrogen-bond donors (Lipinski definition) is 1. The molecule has 3 rings (SSSR count). The highest BCUT2D eigenvalue weighted by atomic mass is 79.9. The zero-order valence-electron chi connectivity index (χ0n) is 18.3. The molecule has 0 bridgehead atoms. The predicted molar refractivity (Wildman–Crippen MR) is 123 cm³/mol. The molecular weight excluding hydrogens is 462 g/mol. The van der Waals surface area contributed by atoms with Crippen LogP contribution < -0.4 is 14.8 Å². The highest BCUT2D eigenvalue weighted by molar-refractivity contribution is 9.10. The van der Waals surface area contributed by atoms with E-state index in [9.17, 15) is 4.79 Å². The van der Waals surface area contributed by atoms with E-state index in [1.807, 2.05) is 56.8 Å². The Morgan fingerprint density at radius 3 is 2.58 bits per heavy atom. The first-order valence-corrected chi connectivity index (χ1v) is 11.1. The van der Waals surface area contributed by atoms with Gasteiger partial charge in [0.2, 0.25) is 5.91 Å². The Balaban J connectivity index is 1.58. The topological polar surface area (TPSA) is 83.2 Å². The van der Waals surface area contributed by atoms with Crippen molar-refractivity contribution in [3.05, 3.63) is 52.0 Å². The second-order valence-corrected chi connectivity index (χ2v) is 7.87. The molecule has 0 atom stereocenters. The highest BCUT2D eigenvalue weighted by Crippen LogP contribution is 2.29. The zero-order valence-corrected chi connectivity index (χ0v) is 19.9. The number of ether oxygens (including phenoxy) is 2. The van der Waals surface area contributed by atoms with Crippen LogP contribution in [0.25, 0.3) is 0 Å². The van der Waals surface area contributed by atoms with Crippen molar-refractivity contribution in [1.29, 1.82) is 0 Å². The molecule has 166 valence electrons. The summed E-state index contributed by atoms with van der Waals surface area (Å²) in [6.07, 6.45) is 3.79. The summed E-state index contributed by atoms with van der Waals surface area (Å²) in [7, 11) is 0. The summed E-state index contributed by atoms with van der Waals surface area (Å²) in [6.45, 7) is 10.0. The number of nitrogens with one attached hydrogen (secondary N) is 1. The fourth-order valence-electron chi connectivity index (χ4n) is 3.22. The summed E-state index contributed by atoms with van der Waals surface area (Å²) in [5.74, 6) is 1.37. The lowest BCUT2D eigenvalue weighted by Gasteiger charge is -2.12. The van der Waals surface area contributed by atoms with Gasteiger partial charge in [0.05, 0.1) is 48.4 Å². The number of amides is 1. The number of halogens is 1. The van der Waals surface area contributed by atoms with Gasteiger partial charge in [0.25, 0.3) is 0 Å². The minimum Gasteiger partial charge on any atom is -0.490 e. The van der Waals surface area contributed by atoms with Crippen LogP contribution in [0.4, 0.5) is 5.69 Å². The van der Waals surface area contributed by atoms with Gasteiger partial charge in [-0.3, -0.25) is 14.2 Å². The van der Waals surface area contributed by atoms with Gasteiger partial charge in [-0.25, -0.2) is 0 Å². The molecular formula is C22H28BrN5O3. The van der Waals surface area contributed by atoms with Gasteiger partial charge in [-0.15, -0.1) is 0 Å². The van der Waals surface area contributed by atoms with Gasteiger partial charge >= 0.3 is 0 Å². The van der Waals surface area contributed by atoms with Crippen LogP contribution in [0.3, 0.4) is 0 Å². The van der Waals surface area contributed by atoms with E-state index in [2.05, 4.69) is 31.4 Å². The van der Waals surface area contributed by atoms with Crippen molar-refractivity contribution in [2.24, 2.45) is 0 Å². The second-order valence-electron chi connectivity index (χ2n) is 7.08. The van der Waals surface area contributed by atoms with E-state index in [0.29, 0.717) is 38.4 Å². The molecule has 3 aromatic rings. The van der Waals surface area contributed by atoms with Crippen LogP contribution in [0.15, 0.2) is 35.1 Å². The van der Waals surface area contributed by atoms with E-state index in [-0.39, 0.29) is 5.91 Å². The van der Waals surface area contributed by atoms with Crippen LogP contribution in [0.1, 0.15) is 37.2 Å². The maximum Gasteiger partial charge on any atom is 0.226 e. The van der Waals surface area contributed by atoms with Gasteiger partial charge in [0.15, 0.2) is 11.5 Å². The molecule has 0 radical (unpaired) electrons. The first kappa shape index (κ1) is 22.9. The van der Waals surface area contributed by atoms with Crippen molar-refractivity contribution in [3.63, 3.8) is 0 Å². The number of nitrogens with zero attached hydrogens (tertiary/aromatic N) is 4. The number of hydrogen-bond acceptors (Lipinski definition) is 5. The Hall–Kier alpha value is -2.81. The number of aryl methyl sites for hydroxylation is 2. The molecule has 0 aliphatic heterocycles. The molecule has 1 amide bonds. The lowest BCUT2D eigenvalue weighted by Crippen LogP contribution is -2.15. The van der Waals surface area contributed by atoms with Crippen LogP contribution in [-0.4, -0.2) is 38.7 Å². The number of carbonyl (C=O) groups excluding carboxylic acids is 1. The molecule has 0 aliphatic rings. The molecule has 8 nitrogen and oxygen atoms in total. The molecule has 9 heteroatoms. The summed E-state index contributed by atoms with van der Waals surface area (Å²) in [4.78, 5) is 12.3. The standard InChI is InChI=1S/C22H28BrN5O3/c1-5-30-19-8-7-17(11-20(19)31-6-2)13-27-14-18(12-24-27)25-21(29)9-10-28-16(4)22(23)15(3)26-28/h7-8,11-12,14H,5-6,9-10,13H2,1-4H3,(H,25,29). The van der Waals surface area contributed by atoms with Crippen LogP contribution in [-0.2, 0) is 17.9 Å². The number of carbonyl (C=O) groups is 1. The van der Waals surface area contributed by atoms with Crippen LogP contribution >= 0.6 is 15.9 Å². The monoisotopic (exact) mass is 489 g/mol. The minimum absolute atomic E-state index is 0.0806. The lowest BCUT2D eigenvalue weighted by atomic mass is 10.2. The van der Waals surface area contributed by atoms with E-state index in [0.717, 1.165) is 32.9 Å². The Labute approximate surface area is 190 Å². The highest BCUT2D eigenvalue weighted by Gasteiger charge is 2.11. The molecule has 0 unspecified atom stereocenters. The predicted octanol–water partition coefficient (Wildman–Crippen LogP) is 4.33. The fraction of sp³-hybridized carbons (Fsp3) is 0.409. The van der Waals surface area contributed by atoms with Crippen molar-refractivity contribution in [2.75, 3.05) is 18.5 Å². The third-order valence-corrected chi connectivity index (χ3v) is 5.86. The molecule has 1 aromatic carbocycles. The second kappa shape index (κ2) is 10.5. The van der Waals surface area contributed by atoms with E-state index >= 15 is 0 Å². The lowest BCUT2D eigenvalue weighted by molar-refractivity contribution is -0.116. The smallest absolute Gasteiger partial charge is 0.226 e. The molecule has 0 saturated carbocycles.